The number of rotatable bonds is 2. The minimum Gasteiger partial charge on any atom is -0.486 e. The molecule has 1 atom stereocenters. The smallest absolute Gasteiger partial charge is 0.236 e. The topological polar surface area (TPSA) is 71.4 Å². The van der Waals surface area contributed by atoms with Crippen molar-refractivity contribution in [3.05, 3.63) is 24.3 Å². The van der Waals surface area contributed by atoms with Crippen LogP contribution in [0.3, 0.4) is 0 Å². The van der Waals surface area contributed by atoms with E-state index in [-0.39, 0.29) is 18.4 Å². The highest BCUT2D eigenvalue weighted by Gasteiger charge is 2.22. The summed E-state index contributed by atoms with van der Waals surface area (Å²) in [5.41, 5.74) is 0. The van der Waals surface area contributed by atoms with Gasteiger partial charge in [-0.1, -0.05) is 12.1 Å². The number of carbonyl (C=O) groups is 1. The fraction of sp³-hybridized carbons (Fsp3) is 0.273. The Kier molecular flexibility index (Phi) is 2.92. The first-order valence-corrected chi connectivity index (χ1v) is 4.86. The lowest BCUT2D eigenvalue weighted by Crippen LogP contribution is -2.34. The lowest BCUT2D eigenvalue weighted by molar-refractivity contribution is -0.122. The predicted molar refractivity (Wildman–Crippen MR) is 54.7 cm³/mol. The Hall–Kier alpha value is -2.22. The molecule has 16 heavy (non-hydrogen) atoms. The molecule has 2 rings (SSSR count). The van der Waals surface area contributed by atoms with Crippen LogP contribution in [0.15, 0.2) is 24.3 Å². The standard InChI is InChI=1S/C11H10N2O3/c12-7-13-11(14)5-8-6-15-9-3-1-2-4-10(9)16-8/h1-4,8H,5-6H2,(H,13,14). The molecule has 0 bridgehead atoms. The van der Waals surface area contributed by atoms with Gasteiger partial charge in [0.1, 0.15) is 12.7 Å². The number of fused-ring (bicyclic) bond motifs is 1. The fourth-order valence-corrected chi connectivity index (χ4v) is 1.48. The third-order valence-electron chi connectivity index (χ3n) is 2.18. The summed E-state index contributed by atoms with van der Waals surface area (Å²) >= 11 is 0. The van der Waals surface area contributed by atoms with Crippen LogP contribution in [0.5, 0.6) is 11.5 Å². The van der Waals surface area contributed by atoms with Crippen molar-refractivity contribution in [2.45, 2.75) is 12.5 Å². The van der Waals surface area contributed by atoms with Crippen LogP contribution in [0.2, 0.25) is 0 Å². The minimum atomic E-state index is -0.365. The Morgan fingerprint density at radius 1 is 1.50 bits per heavy atom. The zero-order valence-corrected chi connectivity index (χ0v) is 8.47. The van der Waals surface area contributed by atoms with Gasteiger partial charge in [-0.2, -0.15) is 5.26 Å². The van der Waals surface area contributed by atoms with Crippen LogP contribution < -0.4 is 14.8 Å². The molecule has 0 aromatic heterocycles. The molecule has 1 N–H and O–H groups in total. The Morgan fingerprint density at radius 2 is 2.25 bits per heavy atom. The SMILES string of the molecule is N#CNC(=O)CC1COc2ccccc2O1. The van der Waals surface area contributed by atoms with E-state index < -0.39 is 0 Å². The average Bonchev–Trinajstić information content (AvgIpc) is 2.29. The van der Waals surface area contributed by atoms with E-state index in [1.165, 1.54) is 0 Å². The van der Waals surface area contributed by atoms with Gasteiger partial charge in [-0.3, -0.25) is 10.1 Å². The van der Waals surface area contributed by atoms with Gasteiger partial charge in [-0.05, 0) is 12.1 Å². The van der Waals surface area contributed by atoms with Crippen molar-refractivity contribution in [1.82, 2.24) is 5.32 Å². The van der Waals surface area contributed by atoms with E-state index in [0.29, 0.717) is 18.1 Å². The van der Waals surface area contributed by atoms with Crippen molar-refractivity contribution in [3.8, 4) is 17.7 Å². The maximum Gasteiger partial charge on any atom is 0.236 e. The van der Waals surface area contributed by atoms with E-state index in [1.807, 2.05) is 17.4 Å². The number of carbonyl (C=O) groups excluding carboxylic acids is 1. The normalized spacial score (nSPS) is 17.3. The molecule has 0 fully saturated rings. The minimum absolute atomic E-state index is 0.113. The number of nitriles is 1. The van der Waals surface area contributed by atoms with E-state index in [2.05, 4.69) is 0 Å². The summed E-state index contributed by atoms with van der Waals surface area (Å²) in [6.45, 7) is 0.315. The van der Waals surface area contributed by atoms with Gasteiger partial charge in [0.2, 0.25) is 5.91 Å². The van der Waals surface area contributed by atoms with Gasteiger partial charge in [-0.15, -0.1) is 0 Å². The predicted octanol–water partition coefficient (Wildman–Crippen LogP) is 0.814. The lowest BCUT2D eigenvalue weighted by atomic mass is 10.2. The van der Waals surface area contributed by atoms with Gasteiger partial charge in [0, 0.05) is 0 Å². The maximum absolute atomic E-state index is 11.2. The number of ether oxygens (including phenoxy) is 2. The second-order valence-electron chi connectivity index (χ2n) is 3.36. The molecule has 82 valence electrons. The number of hydrogen-bond acceptors (Lipinski definition) is 4. The Bertz CT molecular complexity index is 439. The van der Waals surface area contributed by atoms with Crippen molar-refractivity contribution >= 4 is 5.91 Å². The number of para-hydroxylation sites is 2. The van der Waals surface area contributed by atoms with Gasteiger partial charge in [0.25, 0.3) is 0 Å². The van der Waals surface area contributed by atoms with Gasteiger partial charge < -0.3 is 9.47 Å². The van der Waals surface area contributed by atoms with Crippen LogP contribution in [0.1, 0.15) is 6.42 Å². The van der Waals surface area contributed by atoms with Crippen LogP contribution in [0.4, 0.5) is 0 Å². The molecule has 0 saturated heterocycles. The molecule has 0 spiro atoms. The summed E-state index contributed by atoms with van der Waals surface area (Å²) in [5.74, 6) is 0.943. The number of nitrogens with zero attached hydrogens (tertiary/aromatic N) is 1. The summed E-state index contributed by atoms with van der Waals surface area (Å²) in [4.78, 5) is 11.2. The quantitative estimate of drug-likeness (QED) is 0.589. The zero-order chi connectivity index (χ0) is 11.4. The molecule has 1 aliphatic heterocycles. The Balaban J connectivity index is 1.98. The molecular formula is C11H10N2O3. The number of amides is 1. The van der Waals surface area contributed by atoms with Gasteiger partial charge in [-0.25, -0.2) is 0 Å². The van der Waals surface area contributed by atoms with Crippen LogP contribution >= 0.6 is 0 Å². The largest absolute Gasteiger partial charge is 0.486 e. The summed E-state index contributed by atoms with van der Waals surface area (Å²) < 4.78 is 11.0. The van der Waals surface area contributed by atoms with Gasteiger partial charge in [0.15, 0.2) is 17.7 Å². The van der Waals surface area contributed by atoms with E-state index in [0.717, 1.165) is 0 Å². The van der Waals surface area contributed by atoms with Crippen molar-refractivity contribution in [2.75, 3.05) is 6.61 Å². The van der Waals surface area contributed by atoms with E-state index in [9.17, 15) is 4.79 Å². The van der Waals surface area contributed by atoms with E-state index >= 15 is 0 Å². The number of nitrogens with one attached hydrogen (secondary N) is 1. The average molecular weight is 218 g/mol. The van der Waals surface area contributed by atoms with Crippen LogP contribution in [-0.4, -0.2) is 18.6 Å². The monoisotopic (exact) mass is 218 g/mol. The highest BCUT2D eigenvalue weighted by Crippen LogP contribution is 2.31. The first-order valence-electron chi connectivity index (χ1n) is 4.86. The Morgan fingerprint density at radius 3 is 3.00 bits per heavy atom. The molecule has 1 aromatic carbocycles. The number of hydrogen-bond donors (Lipinski definition) is 1. The highest BCUT2D eigenvalue weighted by atomic mass is 16.6. The third-order valence-corrected chi connectivity index (χ3v) is 2.18. The summed E-state index contributed by atoms with van der Waals surface area (Å²) in [7, 11) is 0. The van der Waals surface area contributed by atoms with Crippen LogP contribution in [0, 0.1) is 11.5 Å². The second-order valence-corrected chi connectivity index (χ2v) is 3.36. The highest BCUT2D eigenvalue weighted by molar-refractivity contribution is 5.77. The molecule has 1 heterocycles. The van der Waals surface area contributed by atoms with Crippen molar-refractivity contribution in [2.24, 2.45) is 0 Å². The molecule has 1 amide bonds. The van der Waals surface area contributed by atoms with Gasteiger partial charge >= 0.3 is 0 Å². The van der Waals surface area contributed by atoms with E-state index in [1.54, 1.807) is 18.3 Å². The molecule has 1 aromatic rings. The maximum atomic E-state index is 11.2. The van der Waals surface area contributed by atoms with Crippen molar-refractivity contribution in [3.63, 3.8) is 0 Å². The summed E-state index contributed by atoms with van der Waals surface area (Å²) in [5, 5.41) is 10.3. The first-order chi connectivity index (χ1) is 7.79. The summed E-state index contributed by atoms with van der Waals surface area (Å²) in [6, 6.07) is 7.27. The third kappa shape index (κ3) is 2.23. The lowest BCUT2D eigenvalue weighted by Gasteiger charge is -2.25. The molecule has 0 saturated carbocycles. The molecule has 0 radical (unpaired) electrons. The zero-order valence-electron chi connectivity index (χ0n) is 8.47. The van der Waals surface area contributed by atoms with Crippen molar-refractivity contribution in [1.29, 1.82) is 5.26 Å². The fourth-order valence-electron chi connectivity index (χ4n) is 1.48. The van der Waals surface area contributed by atoms with E-state index in [4.69, 9.17) is 14.7 Å². The molecule has 1 aliphatic rings. The molecule has 1 unspecified atom stereocenters. The molecule has 5 heteroatoms. The molecule has 0 aliphatic carbocycles. The van der Waals surface area contributed by atoms with Gasteiger partial charge in [0.05, 0.1) is 6.42 Å². The molecular weight excluding hydrogens is 208 g/mol. The second kappa shape index (κ2) is 4.53. The molecule has 5 nitrogen and oxygen atoms in total. The summed E-state index contributed by atoms with van der Waals surface area (Å²) in [6.07, 6.45) is 1.35. The van der Waals surface area contributed by atoms with Crippen LogP contribution in [-0.2, 0) is 4.79 Å². The van der Waals surface area contributed by atoms with Crippen molar-refractivity contribution < 1.29 is 14.3 Å². The Labute approximate surface area is 92.6 Å². The first kappa shape index (κ1) is 10.3. The number of benzene rings is 1. The van der Waals surface area contributed by atoms with Crippen LogP contribution in [0.25, 0.3) is 0 Å².